The van der Waals surface area contributed by atoms with Crippen LogP contribution in [0.4, 0.5) is 5.69 Å². The zero-order chi connectivity index (χ0) is 18.9. The zero-order valence-electron chi connectivity index (χ0n) is 13.9. The lowest BCUT2D eigenvalue weighted by molar-refractivity contribution is -0.385. The van der Waals surface area contributed by atoms with Gasteiger partial charge in [-0.3, -0.25) is 29.1 Å². The van der Waals surface area contributed by atoms with E-state index in [-0.39, 0.29) is 37.6 Å². The van der Waals surface area contributed by atoms with Crippen molar-refractivity contribution in [1.29, 1.82) is 0 Å². The van der Waals surface area contributed by atoms with E-state index in [0.717, 1.165) is 28.5 Å². The second-order valence-electron chi connectivity index (χ2n) is 5.47. The topological polar surface area (TPSA) is 123 Å². The summed E-state index contributed by atoms with van der Waals surface area (Å²) in [4.78, 5) is 45.3. The van der Waals surface area contributed by atoms with E-state index in [1.165, 1.54) is 0 Å². The minimum absolute atomic E-state index is 0.166. The Morgan fingerprint density at radius 3 is 2.31 bits per heavy atom. The highest BCUT2D eigenvalue weighted by molar-refractivity contribution is 5.78. The quantitative estimate of drug-likeness (QED) is 0.397. The minimum atomic E-state index is -0.643. The summed E-state index contributed by atoms with van der Waals surface area (Å²) in [5.41, 5.74) is 0.103. The van der Waals surface area contributed by atoms with Gasteiger partial charge < -0.3 is 10.6 Å². The second kappa shape index (κ2) is 9.11. The lowest BCUT2D eigenvalue weighted by atomic mass is 10.1. The van der Waals surface area contributed by atoms with Crippen molar-refractivity contribution < 1.29 is 14.5 Å². The molecule has 0 unspecified atom stereocenters. The van der Waals surface area contributed by atoms with Crippen LogP contribution in [0.3, 0.4) is 0 Å². The summed E-state index contributed by atoms with van der Waals surface area (Å²) in [5, 5.41) is 15.9. The molecule has 0 bridgehead atoms. The van der Waals surface area contributed by atoms with Gasteiger partial charge in [0.05, 0.1) is 17.5 Å². The summed E-state index contributed by atoms with van der Waals surface area (Å²) >= 11 is 0. The summed E-state index contributed by atoms with van der Waals surface area (Å²) < 4.78 is 0.960. The highest BCUT2D eigenvalue weighted by Crippen LogP contribution is 2.06. The Morgan fingerprint density at radius 1 is 1.00 bits per heavy atom. The number of carbonyl (C=O) groups is 2. The van der Waals surface area contributed by atoms with Gasteiger partial charge in [0.15, 0.2) is 0 Å². The number of amides is 2. The Hall–Kier alpha value is -3.49. The van der Waals surface area contributed by atoms with Crippen molar-refractivity contribution in [2.24, 2.45) is 0 Å². The first-order valence-electron chi connectivity index (χ1n) is 7.88. The van der Waals surface area contributed by atoms with Crippen LogP contribution < -0.4 is 16.2 Å². The summed E-state index contributed by atoms with van der Waals surface area (Å²) in [7, 11) is 0. The number of carbonyl (C=O) groups excluding carboxylic acids is 2. The number of pyridine rings is 1. The SMILES string of the molecule is O=C(Cc1ccccc1)NCCNC(=O)Cn1cc([N+](=O)[O-])ccc1=O. The number of nitrogens with zero attached hydrogens (tertiary/aromatic N) is 2. The summed E-state index contributed by atoms with van der Waals surface area (Å²) in [6.45, 7) is 0.0861. The Labute approximate surface area is 148 Å². The summed E-state index contributed by atoms with van der Waals surface area (Å²) in [6.07, 6.45) is 1.27. The van der Waals surface area contributed by atoms with E-state index in [0.29, 0.717) is 0 Å². The van der Waals surface area contributed by atoms with Crippen LogP contribution in [0.1, 0.15) is 5.56 Å². The molecule has 0 saturated heterocycles. The van der Waals surface area contributed by atoms with Crippen molar-refractivity contribution in [1.82, 2.24) is 15.2 Å². The number of aromatic nitrogens is 1. The predicted octanol–water partition coefficient (Wildman–Crippen LogP) is 0.232. The van der Waals surface area contributed by atoms with E-state index in [1.807, 2.05) is 30.3 Å². The first-order valence-corrected chi connectivity index (χ1v) is 7.88. The first-order chi connectivity index (χ1) is 12.5. The molecule has 0 spiro atoms. The van der Waals surface area contributed by atoms with Crippen LogP contribution >= 0.6 is 0 Å². The smallest absolute Gasteiger partial charge is 0.285 e. The molecule has 136 valence electrons. The maximum atomic E-state index is 11.8. The lowest BCUT2D eigenvalue weighted by Gasteiger charge is -2.08. The molecular formula is C17H18N4O5. The lowest BCUT2D eigenvalue weighted by Crippen LogP contribution is -2.38. The van der Waals surface area contributed by atoms with Crippen molar-refractivity contribution in [3.8, 4) is 0 Å². The molecule has 0 aliphatic heterocycles. The van der Waals surface area contributed by atoms with Gasteiger partial charge in [-0.25, -0.2) is 0 Å². The Balaban J connectivity index is 1.74. The number of benzene rings is 1. The van der Waals surface area contributed by atoms with Gasteiger partial charge in [-0.1, -0.05) is 30.3 Å². The van der Waals surface area contributed by atoms with Crippen molar-refractivity contribution in [2.75, 3.05) is 13.1 Å². The number of nitrogens with one attached hydrogen (secondary N) is 2. The number of hydrogen-bond acceptors (Lipinski definition) is 5. The predicted molar refractivity (Wildman–Crippen MR) is 93.5 cm³/mol. The van der Waals surface area contributed by atoms with E-state index in [4.69, 9.17) is 0 Å². The minimum Gasteiger partial charge on any atom is -0.354 e. The van der Waals surface area contributed by atoms with Crippen LogP contribution in [-0.2, 0) is 22.6 Å². The number of nitro groups is 1. The van der Waals surface area contributed by atoms with Gasteiger partial charge in [0.25, 0.3) is 11.2 Å². The third-order valence-electron chi connectivity index (χ3n) is 3.47. The van der Waals surface area contributed by atoms with Crippen LogP contribution in [0.5, 0.6) is 0 Å². The van der Waals surface area contributed by atoms with Gasteiger partial charge in [-0.15, -0.1) is 0 Å². The summed E-state index contributed by atoms with van der Waals surface area (Å²) in [6, 6.07) is 11.4. The van der Waals surface area contributed by atoms with Gasteiger partial charge in [-0.2, -0.15) is 0 Å². The third kappa shape index (κ3) is 5.86. The molecule has 0 atom stereocenters. The number of hydrogen-bond donors (Lipinski definition) is 2. The Morgan fingerprint density at radius 2 is 1.65 bits per heavy atom. The second-order valence-corrected chi connectivity index (χ2v) is 5.47. The maximum absolute atomic E-state index is 11.8. The maximum Gasteiger partial charge on any atom is 0.285 e. The number of rotatable bonds is 8. The molecule has 0 aliphatic rings. The molecule has 0 aliphatic carbocycles. The Kier molecular flexibility index (Phi) is 6.60. The third-order valence-corrected chi connectivity index (χ3v) is 3.47. The summed E-state index contributed by atoms with van der Waals surface area (Å²) in [5.74, 6) is -0.648. The fourth-order valence-corrected chi connectivity index (χ4v) is 2.21. The van der Waals surface area contributed by atoms with E-state index < -0.39 is 16.4 Å². The zero-order valence-corrected chi connectivity index (χ0v) is 13.9. The molecule has 0 saturated carbocycles. The molecule has 9 heteroatoms. The molecular weight excluding hydrogens is 340 g/mol. The molecule has 2 rings (SSSR count). The van der Waals surface area contributed by atoms with Gasteiger partial charge >= 0.3 is 0 Å². The molecule has 2 N–H and O–H groups in total. The average Bonchev–Trinajstić information content (AvgIpc) is 2.61. The largest absolute Gasteiger partial charge is 0.354 e. The molecule has 1 heterocycles. The average molecular weight is 358 g/mol. The van der Waals surface area contributed by atoms with E-state index in [2.05, 4.69) is 10.6 Å². The van der Waals surface area contributed by atoms with E-state index in [9.17, 15) is 24.5 Å². The molecule has 0 fully saturated rings. The monoisotopic (exact) mass is 358 g/mol. The van der Waals surface area contributed by atoms with Gasteiger partial charge in [0.1, 0.15) is 6.54 Å². The highest BCUT2D eigenvalue weighted by atomic mass is 16.6. The molecule has 1 aromatic carbocycles. The van der Waals surface area contributed by atoms with Crippen LogP contribution in [0, 0.1) is 10.1 Å². The van der Waals surface area contributed by atoms with Crippen LogP contribution in [0.2, 0.25) is 0 Å². The van der Waals surface area contributed by atoms with Gasteiger partial charge in [0, 0.05) is 25.2 Å². The van der Waals surface area contributed by atoms with Crippen molar-refractivity contribution in [3.05, 3.63) is 74.7 Å². The molecule has 1 aromatic heterocycles. The van der Waals surface area contributed by atoms with Crippen LogP contribution in [0.25, 0.3) is 0 Å². The molecule has 0 radical (unpaired) electrons. The molecule has 9 nitrogen and oxygen atoms in total. The standard InChI is InChI=1S/C17H18N4O5/c22-15(10-13-4-2-1-3-5-13)18-8-9-19-16(23)12-20-11-14(21(25)26)6-7-17(20)24/h1-7,11H,8-10,12H2,(H,18,22)(H,19,23). The molecule has 26 heavy (non-hydrogen) atoms. The fourth-order valence-electron chi connectivity index (χ4n) is 2.21. The van der Waals surface area contributed by atoms with Crippen molar-refractivity contribution in [3.63, 3.8) is 0 Å². The molecule has 2 aromatic rings. The van der Waals surface area contributed by atoms with Crippen molar-refractivity contribution >= 4 is 17.5 Å². The normalized spacial score (nSPS) is 10.2. The van der Waals surface area contributed by atoms with E-state index >= 15 is 0 Å². The Bertz CT molecular complexity index is 848. The van der Waals surface area contributed by atoms with Gasteiger partial charge in [-0.05, 0) is 5.56 Å². The van der Waals surface area contributed by atoms with E-state index in [1.54, 1.807) is 0 Å². The fraction of sp³-hybridized carbons (Fsp3) is 0.235. The molecule has 2 amide bonds. The van der Waals surface area contributed by atoms with Crippen LogP contribution in [-0.4, -0.2) is 34.4 Å². The highest BCUT2D eigenvalue weighted by Gasteiger charge is 2.10. The first kappa shape index (κ1) is 18.8. The van der Waals surface area contributed by atoms with Crippen LogP contribution in [0.15, 0.2) is 53.5 Å². The van der Waals surface area contributed by atoms with Crippen molar-refractivity contribution in [2.45, 2.75) is 13.0 Å². The van der Waals surface area contributed by atoms with Gasteiger partial charge in [0.2, 0.25) is 11.8 Å².